The van der Waals surface area contributed by atoms with Gasteiger partial charge in [0, 0.05) is 35.8 Å². The zero-order valence-electron chi connectivity index (χ0n) is 13.7. The third-order valence-electron chi connectivity index (χ3n) is 3.46. The fraction of sp³-hybridized carbons (Fsp3) is 0.500. The number of halogens is 3. The van der Waals surface area contributed by atoms with Gasteiger partial charge in [0.1, 0.15) is 17.2 Å². The summed E-state index contributed by atoms with van der Waals surface area (Å²) in [4.78, 5) is 27.4. The first kappa shape index (κ1) is 18.9. The summed E-state index contributed by atoms with van der Waals surface area (Å²) in [7, 11) is 0. The van der Waals surface area contributed by atoms with Gasteiger partial charge in [0.2, 0.25) is 0 Å². The Bertz CT molecular complexity index is 653. The maximum absolute atomic E-state index is 13.9. The van der Waals surface area contributed by atoms with Crippen molar-refractivity contribution in [2.24, 2.45) is 0 Å². The van der Waals surface area contributed by atoms with Crippen molar-refractivity contribution in [1.29, 1.82) is 0 Å². The minimum atomic E-state index is -0.882. The van der Waals surface area contributed by atoms with Crippen molar-refractivity contribution in [3.8, 4) is 0 Å². The number of piperazine rings is 1. The van der Waals surface area contributed by atoms with Crippen LogP contribution in [0.3, 0.4) is 0 Å². The molecule has 0 saturated carbocycles. The Morgan fingerprint density at radius 3 is 2.12 bits per heavy atom. The number of carbonyl (C=O) groups is 2. The van der Waals surface area contributed by atoms with Gasteiger partial charge in [0.25, 0.3) is 5.91 Å². The molecule has 8 heteroatoms. The van der Waals surface area contributed by atoms with Crippen LogP contribution in [-0.4, -0.2) is 53.6 Å². The van der Waals surface area contributed by atoms with E-state index >= 15 is 0 Å². The minimum Gasteiger partial charge on any atom is -0.444 e. The van der Waals surface area contributed by atoms with Crippen molar-refractivity contribution < 1.29 is 23.1 Å². The molecule has 5 nitrogen and oxygen atoms in total. The monoisotopic (exact) mass is 452 g/mol. The third kappa shape index (κ3) is 4.55. The molecule has 2 amide bonds. The molecule has 1 aliphatic rings. The second kappa shape index (κ2) is 7.20. The average Bonchev–Trinajstić information content (AvgIpc) is 2.49. The summed E-state index contributed by atoms with van der Waals surface area (Å²) in [6.07, 6.45) is -0.433. The Hall–Kier alpha value is -1.45. The van der Waals surface area contributed by atoms with Gasteiger partial charge in [-0.1, -0.05) is 0 Å². The maximum Gasteiger partial charge on any atom is 0.410 e. The Morgan fingerprint density at radius 2 is 1.58 bits per heavy atom. The van der Waals surface area contributed by atoms with E-state index < -0.39 is 29.2 Å². The van der Waals surface area contributed by atoms with Crippen molar-refractivity contribution >= 4 is 34.6 Å². The lowest BCUT2D eigenvalue weighted by Crippen LogP contribution is -2.51. The SMILES string of the molecule is CC(C)(C)OC(=O)N1CCN(C(=O)c2cc(I)c(F)cc2F)CC1. The zero-order valence-corrected chi connectivity index (χ0v) is 15.9. The number of ether oxygens (including phenoxy) is 1. The zero-order chi connectivity index (χ0) is 18.1. The largest absolute Gasteiger partial charge is 0.444 e. The van der Waals surface area contributed by atoms with Gasteiger partial charge in [-0.25, -0.2) is 13.6 Å². The molecule has 1 fully saturated rings. The second-order valence-electron chi connectivity index (χ2n) is 6.51. The van der Waals surface area contributed by atoms with Crippen LogP contribution in [0.15, 0.2) is 12.1 Å². The van der Waals surface area contributed by atoms with Gasteiger partial charge in [-0.05, 0) is 49.4 Å². The molecule has 1 aromatic rings. The van der Waals surface area contributed by atoms with Crippen LogP contribution in [0.25, 0.3) is 0 Å². The Balaban J connectivity index is 2.01. The van der Waals surface area contributed by atoms with Crippen molar-refractivity contribution in [3.05, 3.63) is 32.9 Å². The van der Waals surface area contributed by atoms with Crippen LogP contribution in [0.4, 0.5) is 13.6 Å². The summed E-state index contributed by atoms with van der Waals surface area (Å²) in [5.74, 6) is -2.08. The van der Waals surface area contributed by atoms with Gasteiger partial charge in [0.05, 0.1) is 5.56 Å². The fourth-order valence-corrected chi connectivity index (χ4v) is 2.74. The molecule has 0 unspecified atom stereocenters. The van der Waals surface area contributed by atoms with Gasteiger partial charge in [0.15, 0.2) is 0 Å². The van der Waals surface area contributed by atoms with Crippen LogP contribution in [0.1, 0.15) is 31.1 Å². The normalized spacial score (nSPS) is 15.4. The van der Waals surface area contributed by atoms with E-state index in [4.69, 9.17) is 4.74 Å². The predicted molar refractivity (Wildman–Crippen MR) is 92.8 cm³/mol. The smallest absolute Gasteiger partial charge is 0.410 e. The van der Waals surface area contributed by atoms with E-state index in [9.17, 15) is 18.4 Å². The van der Waals surface area contributed by atoms with Gasteiger partial charge < -0.3 is 14.5 Å². The van der Waals surface area contributed by atoms with Crippen LogP contribution >= 0.6 is 22.6 Å². The summed E-state index contributed by atoms with van der Waals surface area (Å²) in [5.41, 5.74) is -0.746. The first-order chi connectivity index (χ1) is 11.1. The number of nitrogens with zero attached hydrogens (tertiary/aromatic N) is 2. The molecule has 1 aliphatic heterocycles. The maximum atomic E-state index is 13.9. The molecular weight excluding hydrogens is 433 g/mol. The highest BCUT2D eigenvalue weighted by Gasteiger charge is 2.29. The highest BCUT2D eigenvalue weighted by Crippen LogP contribution is 2.19. The van der Waals surface area contributed by atoms with Crippen LogP contribution in [0, 0.1) is 15.2 Å². The quantitative estimate of drug-likeness (QED) is 0.486. The molecule has 24 heavy (non-hydrogen) atoms. The summed E-state index contributed by atoms with van der Waals surface area (Å²) in [6, 6.07) is 1.92. The molecule has 2 rings (SSSR count). The molecule has 1 saturated heterocycles. The molecule has 0 aliphatic carbocycles. The standard InChI is InChI=1S/C16H19F2IN2O3/c1-16(2,3)24-15(23)21-6-4-20(5-7-21)14(22)10-8-13(19)12(18)9-11(10)17/h8-9H,4-7H2,1-3H3. The lowest BCUT2D eigenvalue weighted by molar-refractivity contribution is 0.0140. The molecule has 0 aromatic heterocycles. The topological polar surface area (TPSA) is 49.9 Å². The van der Waals surface area contributed by atoms with Crippen LogP contribution in [0.2, 0.25) is 0 Å². The number of benzene rings is 1. The van der Waals surface area contributed by atoms with Gasteiger partial charge in [-0.2, -0.15) is 0 Å². The van der Waals surface area contributed by atoms with Crippen LogP contribution in [0.5, 0.6) is 0 Å². The first-order valence-electron chi connectivity index (χ1n) is 7.50. The highest BCUT2D eigenvalue weighted by atomic mass is 127. The number of amides is 2. The number of hydrogen-bond acceptors (Lipinski definition) is 3. The van der Waals surface area contributed by atoms with Gasteiger partial charge in [-0.15, -0.1) is 0 Å². The summed E-state index contributed by atoms with van der Waals surface area (Å²) >= 11 is 1.71. The second-order valence-corrected chi connectivity index (χ2v) is 7.67. The number of hydrogen-bond donors (Lipinski definition) is 0. The van der Waals surface area contributed by atoms with Gasteiger partial charge in [-0.3, -0.25) is 4.79 Å². The van der Waals surface area contributed by atoms with Crippen molar-refractivity contribution in [1.82, 2.24) is 9.80 Å². The molecule has 132 valence electrons. The number of rotatable bonds is 1. The van der Waals surface area contributed by atoms with Crippen LogP contribution in [-0.2, 0) is 4.74 Å². The molecular formula is C16H19F2IN2O3. The Morgan fingerprint density at radius 1 is 1.04 bits per heavy atom. The lowest BCUT2D eigenvalue weighted by Gasteiger charge is -2.35. The molecule has 0 spiro atoms. The predicted octanol–water partition coefficient (Wildman–Crippen LogP) is 3.26. The van der Waals surface area contributed by atoms with Crippen LogP contribution < -0.4 is 0 Å². The highest BCUT2D eigenvalue weighted by molar-refractivity contribution is 14.1. The molecule has 0 atom stereocenters. The molecule has 0 N–H and O–H groups in total. The number of carbonyl (C=O) groups excluding carboxylic acids is 2. The van der Waals surface area contributed by atoms with Crippen molar-refractivity contribution in [2.45, 2.75) is 26.4 Å². The Kier molecular flexibility index (Phi) is 5.67. The van der Waals surface area contributed by atoms with E-state index in [1.54, 1.807) is 43.4 Å². The fourth-order valence-electron chi connectivity index (χ4n) is 2.28. The Labute approximate surface area is 153 Å². The molecule has 0 bridgehead atoms. The van der Waals surface area contributed by atoms with E-state index in [1.165, 1.54) is 15.9 Å². The van der Waals surface area contributed by atoms with Crippen molar-refractivity contribution in [2.75, 3.05) is 26.2 Å². The molecule has 1 aromatic carbocycles. The van der Waals surface area contributed by atoms with E-state index in [0.29, 0.717) is 19.2 Å². The summed E-state index contributed by atoms with van der Waals surface area (Å²) in [5, 5.41) is 0. The molecule has 1 heterocycles. The van der Waals surface area contributed by atoms with E-state index in [1.807, 2.05) is 0 Å². The summed E-state index contributed by atoms with van der Waals surface area (Å²) < 4.78 is 32.6. The van der Waals surface area contributed by atoms with E-state index in [2.05, 4.69) is 0 Å². The summed E-state index contributed by atoms with van der Waals surface area (Å²) in [6.45, 7) is 6.49. The molecule has 0 radical (unpaired) electrons. The average molecular weight is 452 g/mol. The van der Waals surface area contributed by atoms with Crippen molar-refractivity contribution in [3.63, 3.8) is 0 Å². The minimum absolute atomic E-state index is 0.161. The van der Waals surface area contributed by atoms with Gasteiger partial charge >= 0.3 is 6.09 Å². The third-order valence-corrected chi connectivity index (χ3v) is 4.29. The van der Waals surface area contributed by atoms with E-state index in [-0.39, 0.29) is 22.2 Å². The van der Waals surface area contributed by atoms with E-state index in [0.717, 1.165) is 0 Å². The first-order valence-corrected chi connectivity index (χ1v) is 8.58. The lowest BCUT2D eigenvalue weighted by atomic mass is 10.1.